The molecular formula is C14H15NO5. The van der Waals surface area contributed by atoms with E-state index in [9.17, 15) is 4.79 Å². The van der Waals surface area contributed by atoms with Gasteiger partial charge in [-0.3, -0.25) is 0 Å². The lowest BCUT2D eigenvalue weighted by molar-refractivity contribution is 0.0686. The number of carbonyl (C=O) groups is 1. The Morgan fingerprint density at radius 1 is 1.35 bits per heavy atom. The Bertz CT molecular complexity index is 578. The lowest BCUT2D eigenvalue weighted by Crippen LogP contribution is -2.06. The fraction of sp³-hybridized carbons (Fsp3) is 0.286. The molecule has 0 fully saturated rings. The van der Waals surface area contributed by atoms with E-state index in [4.69, 9.17) is 19.1 Å². The summed E-state index contributed by atoms with van der Waals surface area (Å²) in [7, 11) is 0. The summed E-state index contributed by atoms with van der Waals surface area (Å²) in [5, 5.41) is 12.3. The zero-order chi connectivity index (χ0) is 14.4. The molecule has 2 aromatic rings. The highest BCUT2D eigenvalue weighted by atomic mass is 16.5. The Kier molecular flexibility index (Phi) is 4.73. The molecule has 0 bridgehead atoms. The molecule has 2 rings (SSSR count). The van der Waals surface area contributed by atoms with E-state index in [-0.39, 0.29) is 5.69 Å². The van der Waals surface area contributed by atoms with Gasteiger partial charge in [0.1, 0.15) is 12.4 Å². The summed E-state index contributed by atoms with van der Waals surface area (Å²) in [6, 6.07) is 8.57. The van der Waals surface area contributed by atoms with E-state index in [2.05, 4.69) is 5.16 Å². The molecule has 0 aliphatic rings. The Hall–Kier alpha value is -2.34. The standard InChI is InChI=1S/C14H15NO5/c1-2-18-7-8-19-12-6-4-3-5-10(12)13-9-11(14(16)17)15-20-13/h3-6,9H,2,7-8H2,1H3,(H,16,17). The van der Waals surface area contributed by atoms with Crippen molar-refractivity contribution in [2.45, 2.75) is 6.92 Å². The third kappa shape index (κ3) is 3.36. The predicted molar refractivity (Wildman–Crippen MR) is 70.9 cm³/mol. The monoisotopic (exact) mass is 277 g/mol. The normalized spacial score (nSPS) is 10.4. The second-order valence-corrected chi connectivity index (χ2v) is 3.92. The number of hydrogen-bond acceptors (Lipinski definition) is 5. The average Bonchev–Trinajstić information content (AvgIpc) is 2.94. The number of hydrogen-bond donors (Lipinski definition) is 1. The molecule has 6 heteroatoms. The van der Waals surface area contributed by atoms with Gasteiger partial charge in [0, 0.05) is 12.7 Å². The first kappa shape index (κ1) is 14.1. The van der Waals surface area contributed by atoms with Gasteiger partial charge in [-0.05, 0) is 19.1 Å². The number of para-hydroxylation sites is 1. The Morgan fingerprint density at radius 3 is 2.85 bits per heavy atom. The molecule has 0 amide bonds. The first-order valence-corrected chi connectivity index (χ1v) is 6.22. The molecule has 0 radical (unpaired) electrons. The molecule has 0 atom stereocenters. The summed E-state index contributed by atoms with van der Waals surface area (Å²) in [5.74, 6) is -0.176. The highest BCUT2D eigenvalue weighted by Crippen LogP contribution is 2.30. The van der Waals surface area contributed by atoms with Crippen molar-refractivity contribution in [3.63, 3.8) is 0 Å². The van der Waals surface area contributed by atoms with Crippen molar-refractivity contribution in [2.24, 2.45) is 0 Å². The van der Waals surface area contributed by atoms with E-state index < -0.39 is 5.97 Å². The van der Waals surface area contributed by atoms with Gasteiger partial charge in [0.2, 0.25) is 0 Å². The highest BCUT2D eigenvalue weighted by molar-refractivity contribution is 5.86. The third-order valence-electron chi connectivity index (χ3n) is 2.57. The van der Waals surface area contributed by atoms with E-state index >= 15 is 0 Å². The van der Waals surface area contributed by atoms with Gasteiger partial charge in [-0.25, -0.2) is 4.79 Å². The first-order chi connectivity index (χ1) is 9.72. The summed E-state index contributed by atoms with van der Waals surface area (Å²) in [6.45, 7) is 3.44. The molecule has 0 saturated carbocycles. The van der Waals surface area contributed by atoms with Crippen LogP contribution in [0.25, 0.3) is 11.3 Å². The van der Waals surface area contributed by atoms with Crippen LogP contribution in [0.15, 0.2) is 34.9 Å². The minimum absolute atomic E-state index is 0.135. The van der Waals surface area contributed by atoms with Crippen molar-refractivity contribution in [1.82, 2.24) is 5.16 Å². The molecule has 0 spiro atoms. The number of carboxylic acid groups (broad SMARTS) is 1. The van der Waals surface area contributed by atoms with Crippen molar-refractivity contribution >= 4 is 5.97 Å². The lowest BCUT2D eigenvalue weighted by Gasteiger charge is -2.09. The van der Waals surface area contributed by atoms with Gasteiger partial charge in [0.05, 0.1) is 12.2 Å². The van der Waals surface area contributed by atoms with E-state index in [1.807, 2.05) is 19.1 Å². The number of nitrogens with zero attached hydrogens (tertiary/aromatic N) is 1. The van der Waals surface area contributed by atoms with Crippen molar-refractivity contribution in [3.05, 3.63) is 36.0 Å². The summed E-state index contributed by atoms with van der Waals surface area (Å²) in [4.78, 5) is 10.8. The molecule has 0 aliphatic heterocycles. The molecule has 20 heavy (non-hydrogen) atoms. The second-order valence-electron chi connectivity index (χ2n) is 3.92. The molecule has 1 heterocycles. The van der Waals surface area contributed by atoms with Gasteiger partial charge < -0.3 is 19.1 Å². The molecule has 0 unspecified atom stereocenters. The minimum atomic E-state index is -1.13. The predicted octanol–water partition coefficient (Wildman–Crippen LogP) is 2.46. The number of aromatic nitrogens is 1. The van der Waals surface area contributed by atoms with Crippen LogP contribution in [-0.2, 0) is 4.74 Å². The molecule has 106 valence electrons. The number of benzene rings is 1. The van der Waals surface area contributed by atoms with Crippen LogP contribution in [0.1, 0.15) is 17.4 Å². The van der Waals surface area contributed by atoms with Crippen LogP contribution in [0, 0.1) is 0 Å². The number of aromatic carboxylic acids is 1. The van der Waals surface area contributed by atoms with Gasteiger partial charge in [0.15, 0.2) is 11.5 Å². The molecular weight excluding hydrogens is 262 g/mol. The fourth-order valence-electron chi connectivity index (χ4n) is 1.65. The van der Waals surface area contributed by atoms with E-state index in [1.54, 1.807) is 12.1 Å². The smallest absolute Gasteiger partial charge is 0.358 e. The summed E-state index contributed by atoms with van der Waals surface area (Å²) in [5.41, 5.74) is 0.521. The Labute approximate surface area is 115 Å². The lowest BCUT2D eigenvalue weighted by atomic mass is 10.1. The highest BCUT2D eigenvalue weighted by Gasteiger charge is 2.15. The first-order valence-electron chi connectivity index (χ1n) is 6.22. The molecule has 1 aromatic heterocycles. The quantitative estimate of drug-likeness (QED) is 0.783. The SMILES string of the molecule is CCOCCOc1ccccc1-c1cc(C(=O)O)no1. The topological polar surface area (TPSA) is 81.8 Å². The molecule has 6 nitrogen and oxygen atoms in total. The summed E-state index contributed by atoms with van der Waals surface area (Å²) >= 11 is 0. The summed E-state index contributed by atoms with van der Waals surface area (Å²) in [6.07, 6.45) is 0. The van der Waals surface area contributed by atoms with Crippen molar-refractivity contribution in [3.8, 4) is 17.1 Å². The van der Waals surface area contributed by atoms with Gasteiger partial charge >= 0.3 is 5.97 Å². The van der Waals surface area contributed by atoms with Crippen LogP contribution in [0.4, 0.5) is 0 Å². The van der Waals surface area contributed by atoms with Crippen molar-refractivity contribution in [2.75, 3.05) is 19.8 Å². The zero-order valence-electron chi connectivity index (χ0n) is 11.0. The molecule has 1 N–H and O–H groups in total. The maximum Gasteiger partial charge on any atom is 0.358 e. The van der Waals surface area contributed by atoms with E-state index in [0.29, 0.717) is 36.9 Å². The maximum absolute atomic E-state index is 10.8. The van der Waals surface area contributed by atoms with Gasteiger partial charge in [-0.2, -0.15) is 0 Å². The number of ether oxygens (including phenoxy) is 2. The van der Waals surface area contributed by atoms with Crippen LogP contribution >= 0.6 is 0 Å². The Balaban J connectivity index is 2.16. The Morgan fingerprint density at radius 2 is 2.15 bits per heavy atom. The number of carboxylic acids is 1. The van der Waals surface area contributed by atoms with E-state index in [0.717, 1.165) is 0 Å². The van der Waals surface area contributed by atoms with Crippen molar-refractivity contribution < 1.29 is 23.9 Å². The van der Waals surface area contributed by atoms with Crippen LogP contribution in [0.2, 0.25) is 0 Å². The second kappa shape index (κ2) is 6.72. The molecule has 0 aliphatic carbocycles. The maximum atomic E-state index is 10.8. The summed E-state index contributed by atoms with van der Waals surface area (Å²) < 4.78 is 15.8. The van der Waals surface area contributed by atoms with Gasteiger partial charge in [0.25, 0.3) is 0 Å². The van der Waals surface area contributed by atoms with Crippen LogP contribution < -0.4 is 4.74 Å². The third-order valence-corrected chi connectivity index (χ3v) is 2.57. The van der Waals surface area contributed by atoms with Crippen LogP contribution in [-0.4, -0.2) is 36.1 Å². The average molecular weight is 277 g/mol. The molecule has 0 saturated heterocycles. The van der Waals surface area contributed by atoms with Crippen LogP contribution in [0.3, 0.4) is 0 Å². The number of rotatable bonds is 7. The zero-order valence-corrected chi connectivity index (χ0v) is 11.0. The van der Waals surface area contributed by atoms with Crippen LogP contribution in [0.5, 0.6) is 5.75 Å². The minimum Gasteiger partial charge on any atom is -0.490 e. The molecule has 1 aromatic carbocycles. The van der Waals surface area contributed by atoms with Gasteiger partial charge in [-0.1, -0.05) is 17.3 Å². The van der Waals surface area contributed by atoms with Gasteiger partial charge in [-0.15, -0.1) is 0 Å². The largest absolute Gasteiger partial charge is 0.490 e. The fourth-order valence-corrected chi connectivity index (χ4v) is 1.65. The van der Waals surface area contributed by atoms with Crippen molar-refractivity contribution in [1.29, 1.82) is 0 Å². The van der Waals surface area contributed by atoms with E-state index in [1.165, 1.54) is 6.07 Å².